The Morgan fingerprint density at radius 1 is 1.25 bits per heavy atom. The van der Waals surface area contributed by atoms with Gasteiger partial charge >= 0.3 is 0 Å². The van der Waals surface area contributed by atoms with E-state index in [1.54, 1.807) is 20.0 Å². The van der Waals surface area contributed by atoms with Gasteiger partial charge in [0, 0.05) is 13.2 Å². The summed E-state index contributed by atoms with van der Waals surface area (Å²) >= 11 is 0. The van der Waals surface area contributed by atoms with Crippen molar-refractivity contribution < 1.29 is 12.8 Å². The largest absolute Gasteiger partial charge is 0.372 e. The van der Waals surface area contributed by atoms with Crippen molar-refractivity contribution in [1.29, 1.82) is 0 Å². The van der Waals surface area contributed by atoms with E-state index in [2.05, 4.69) is 15.0 Å². The maximum absolute atomic E-state index is 13.7. The molecule has 0 unspecified atom stereocenters. The number of aryl methyl sites for hydroxylation is 1. The van der Waals surface area contributed by atoms with Crippen LogP contribution in [0.4, 0.5) is 15.9 Å². The highest BCUT2D eigenvalue weighted by molar-refractivity contribution is 7.92. The molecule has 106 valence electrons. The Labute approximate surface area is 116 Å². The molecule has 0 saturated carbocycles. The van der Waals surface area contributed by atoms with Crippen molar-refractivity contribution in [1.82, 2.24) is 4.98 Å². The standard InChI is InChI=1S/C13H14FN3O2S/c1-9-5-6-11(10(14)8-9)17-20(18,19)12-4-3-7-16-13(12)15-2/h3-8,17H,1-2H3,(H,15,16). The van der Waals surface area contributed by atoms with Crippen LogP contribution in [0.2, 0.25) is 0 Å². The predicted molar refractivity (Wildman–Crippen MR) is 75.7 cm³/mol. The second-order valence-corrected chi connectivity index (χ2v) is 5.84. The van der Waals surface area contributed by atoms with Crippen LogP contribution < -0.4 is 10.0 Å². The molecule has 0 amide bonds. The lowest BCUT2D eigenvalue weighted by atomic mass is 10.2. The molecule has 0 spiro atoms. The predicted octanol–water partition coefficient (Wildman–Crippen LogP) is 2.37. The summed E-state index contributed by atoms with van der Waals surface area (Å²) in [5.74, 6) is -0.420. The number of sulfonamides is 1. The van der Waals surface area contributed by atoms with Gasteiger partial charge in [-0.15, -0.1) is 0 Å². The van der Waals surface area contributed by atoms with Gasteiger partial charge in [0.15, 0.2) is 0 Å². The fourth-order valence-electron chi connectivity index (χ4n) is 1.70. The van der Waals surface area contributed by atoms with Gasteiger partial charge in [-0.25, -0.2) is 17.8 Å². The summed E-state index contributed by atoms with van der Waals surface area (Å²) in [6, 6.07) is 7.18. The first kappa shape index (κ1) is 14.3. The summed E-state index contributed by atoms with van der Waals surface area (Å²) < 4.78 is 40.5. The van der Waals surface area contributed by atoms with Crippen LogP contribution in [-0.2, 0) is 10.0 Å². The van der Waals surface area contributed by atoms with Crippen LogP contribution in [0.15, 0.2) is 41.4 Å². The highest BCUT2D eigenvalue weighted by Crippen LogP contribution is 2.23. The van der Waals surface area contributed by atoms with Crippen LogP contribution in [-0.4, -0.2) is 20.4 Å². The molecular formula is C13H14FN3O2S. The number of pyridine rings is 1. The molecule has 0 aliphatic rings. The van der Waals surface area contributed by atoms with E-state index in [-0.39, 0.29) is 16.4 Å². The number of nitrogens with zero attached hydrogens (tertiary/aromatic N) is 1. The second kappa shape index (κ2) is 5.46. The third-order valence-corrected chi connectivity index (χ3v) is 4.06. The average Bonchev–Trinajstić information content (AvgIpc) is 2.42. The van der Waals surface area contributed by atoms with Crippen molar-refractivity contribution in [2.75, 3.05) is 17.1 Å². The zero-order valence-electron chi connectivity index (χ0n) is 11.0. The van der Waals surface area contributed by atoms with Crippen molar-refractivity contribution >= 4 is 21.5 Å². The van der Waals surface area contributed by atoms with Crippen LogP contribution >= 0.6 is 0 Å². The summed E-state index contributed by atoms with van der Waals surface area (Å²) in [6.07, 6.45) is 1.47. The summed E-state index contributed by atoms with van der Waals surface area (Å²) in [6.45, 7) is 1.72. The lowest BCUT2D eigenvalue weighted by molar-refractivity contribution is 0.598. The molecule has 0 aliphatic carbocycles. The molecule has 1 aromatic carbocycles. The molecule has 0 radical (unpaired) electrons. The minimum absolute atomic E-state index is 0.0394. The number of hydrogen-bond acceptors (Lipinski definition) is 4. The maximum Gasteiger partial charge on any atom is 0.265 e. The number of rotatable bonds is 4. The van der Waals surface area contributed by atoms with Crippen molar-refractivity contribution in [3.63, 3.8) is 0 Å². The molecule has 2 aromatic rings. The minimum Gasteiger partial charge on any atom is -0.372 e. The molecule has 0 atom stereocenters. The smallest absolute Gasteiger partial charge is 0.265 e. The van der Waals surface area contributed by atoms with E-state index in [1.807, 2.05) is 0 Å². The molecule has 0 aliphatic heterocycles. The SMILES string of the molecule is CNc1ncccc1S(=O)(=O)Nc1ccc(C)cc1F. The number of anilines is 2. The van der Waals surface area contributed by atoms with Gasteiger partial charge in [0.05, 0.1) is 5.69 Å². The van der Waals surface area contributed by atoms with Gasteiger partial charge in [-0.3, -0.25) is 4.72 Å². The van der Waals surface area contributed by atoms with Crippen LogP contribution in [0.3, 0.4) is 0 Å². The van der Waals surface area contributed by atoms with Crippen molar-refractivity contribution in [3.05, 3.63) is 47.9 Å². The Balaban J connectivity index is 2.41. The molecule has 2 N–H and O–H groups in total. The first-order valence-electron chi connectivity index (χ1n) is 5.86. The van der Waals surface area contributed by atoms with Crippen molar-refractivity contribution in [3.8, 4) is 0 Å². The number of hydrogen-bond donors (Lipinski definition) is 2. The van der Waals surface area contributed by atoms with Crippen molar-refractivity contribution in [2.45, 2.75) is 11.8 Å². The first-order chi connectivity index (χ1) is 9.44. The molecule has 5 nitrogen and oxygen atoms in total. The third kappa shape index (κ3) is 2.88. The van der Waals surface area contributed by atoms with Gasteiger partial charge in [-0.1, -0.05) is 6.07 Å². The van der Waals surface area contributed by atoms with E-state index in [0.717, 1.165) is 0 Å². The molecule has 0 saturated heterocycles. The van der Waals surface area contributed by atoms with Crippen LogP contribution in [0, 0.1) is 12.7 Å². The molecular weight excluding hydrogens is 281 g/mol. The normalized spacial score (nSPS) is 11.2. The summed E-state index contributed by atoms with van der Waals surface area (Å²) in [5, 5.41) is 2.69. The van der Waals surface area contributed by atoms with Gasteiger partial charge in [-0.05, 0) is 36.8 Å². The van der Waals surface area contributed by atoms with E-state index in [9.17, 15) is 12.8 Å². The minimum atomic E-state index is -3.91. The van der Waals surface area contributed by atoms with E-state index in [1.165, 1.54) is 30.5 Å². The Kier molecular flexibility index (Phi) is 3.89. The van der Waals surface area contributed by atoms with E-state index >= 15 is 0 Å². The summed E-state index contributed by atoms with van der Waals surface area (Å²) in [4.78, 5) is 3.88. The molecule has 20 heavy (non-hydrogen) atoms. The average molecular weight is 295 g/mol. The topological polar surface area (TPSA) is 71.1 Å². The number of benzene rings is 1. The van der Waals surface area contributed by atoms with Gasteiger partial charge < -0.3 is 5.32 Å². The van der Waals surface area contributed by atoms with Crippen LogP contribution in [0.1, 0.15) is 5.56 Å². The van der Waals surface area contributed by atoms with Gasteiger partial charge in [0.2, 0.25) is 0 Å². The second-order valence-electron chi connectivity index (χ2n) is 4.19. The Hall–Kier alpha value is -2.15. The van der Waals surface area contributed by atoms with Gasteiger partial charge in [-0.2, -0.15) is 0 Å². The van der Waals surface area contributed by atoms with Crippen LogP contribution in [0.5, 0.6) is 0 Å². The van der Waals surface area contributed by atoms with Gasteiger partial charge in [0.1, 0.15) is 16.5 Å². The third-order valence-electron chi connectivity index (χ3n) is 2.67. The summed E-state index contributed by atoms with van der Waals surface area (Å²) in [5.41, 5.74) is 0.615. The van der Waals surface area contributed by atoms with Gasteiger partial charge in [0.25, 0.3) is 10.0 Å². The van der Waals surface area contributed by atoms with E-state index < -0.39 is 15.8 Å². The zero-order valence-corrected chi connectivity index (χ0v) is 11.8. The summed E-state index contributed by atoms with van der Waals surface area (Å²) in [7, 11) is -2.34. The molecule has 1 aromatic heterocycles. The van der Waals surface area contributed by atoms with Crippen LogP contribution in [0.25, 0.3) is 0 Å². The Morgan fingerprint density at radius 2 is 2.00 bits per heavy atom. The lowest BCUT2D eigenvalue weighted by Crippen LogP contribution is -2.16. The molecule has 2 rings (SSSR count). The quantitative estimate of drug-likeness (QED) is 0.908. The highest BCUT2D eigenvalue weighted by Gasteiger charge is 2.20. The molecule has 0 bridgehead atoms. The maximum atomic E-state index is 13.7. The number of aromatic nitrogens is 1. The Morgan fingerprint density at radius 3 is 2.65 bits per heavy atom. The zero-order chi connectivity index (χ0) is 14.8. The molecule has 7 heteroatoms. The highest BCUT2D eigenvalue weighted by atomic mass is 32.2. The van der Waals surface area contributed by atoms with E-state index in [4.69, 9.17) is 0 Å². The lowest BCUT2D eigenvalue weighted by Gasteiger charge is -2.11. The van der Waals surface area contributed by atoms with Crippen molar-refractivity contribution in [2.24, 2.45) is 0 Å². The fourth-order valence-corrected chi connectivity index (χ4v) is 2.93. The molecule has 0 fully saturated rings. The number of nitrogens with one attached hydrogen (secondary N) is 2. The van der Waals surface area contributed by atoms with E-state index in [0.29, 0.717) is 5.56 Å². The number of halogens is 1. The molecule has 1 heterocycles. The monoisotopic (exact) mass is 295 g/mol. The first-order valence-corrected chi connectivity index (χ1v) is 7.34. The Bertz CT molecular complexity index is 732. The fraction of sp³-hybridized carbons (Fsp3) is 0.154.